The number of carboxylic acids is 1. The number of carboxylic acid groups (broad SMARTS) is 1. The van der Waals surface area contributed by atoms with Gasteiger partial charge in [-0.25, -0.2) is 4.79 Å². The quantitative estimate of drug-likeness (QED) is 0.564. The van der Waals surface area contributed by atoms with Gasteiger partial charge in [0.2, 0.25) is 5.91 Å². The van der Waals surface area contributed by atoms with E-state index in [2.05, 4.69) is 4.74 Å². The van der Waals surface area contributed by atoms with Gasteiger partial charge in [-0.15, -0.1) is 0 Å². The van der Waals surface area contributed by atoms with Crippen LogP contribution in [0.15, 0.2) is 0 Å². The molecule has 0 unspecified atom stereocenters. The predicted molar refractivity (Wildman–Crippen MR) is 41.9 cm³/mol. The molecule has 0 aliphatic heterocycles. The molecular formula is C7H11NO5. The largest absolute Gasteiger partial charge is 0.480 e. The van der Waals surface area contributed by atoms with E-state index >= 15 is 0 Å². The van der Waals surface area contributed by atoms with Crippen LogP contribution >= 0.6 is 0 Å². The maximum atomic E-state index is 10.7. The number of hydrogen-bond acceptors (Lipinski definition) is 4. The van der Waals surface area contributed by atoms with Crippen molar-refractivity contribution in [3.8, 4) is 0 Å². The van der Waals surface area contributed by atoms with E-state index in [1.54, 1.807) is 0 Å². The highest BCUT2D eigenvalue weighted by atomic mass is 16.5. The van der Waals surface area contributed by atoms with Crippen molar-refractivity contribution >= 4 is 17.8 Å². The van der Waals surface area contributed by atoms with Crippen LogP contribution in [0.25, 0.3) is 0 Å². The second-order valence-electron chi connectivity index (χ2n) is 2.14. The summed E-state index contributed by atoms with van der Waals surface area (Å²) in [5.74, 6) is -3.01. The smallest absolute Gasteiger partial charge is 0.329 e. The zero-order valence-corrected chi connectivity index (χ0v) is 6.78. The first-order valence-corrected chi connectivity index (χ1v) is 3.27. The van der Waals surface area contributed by atoms with E-state index in [0.29, 0.717) is 0 Å². The fourth-order valence-corrected chi connectivity index (χ4v) is 0.545. The van der Waals surface area contributed by atoms with E-state index in [1.165, 1.54) is 0 Å². The van der Waals surface area contributed by atoms with Crippen molar-refractivity contribution in [2.24, 2.45) is 0 Å². The van der Waals surface area contributed by atoms with Gasteiger partial charge in [-0.3, -0.25) is 9.59 Å². The molecule has 0 aromatic carbocycles. The van der Waals surface area contributed by atoms with Crippen LogP contribution in [0.2, 0.25) is 0 Å². The van der Waals surface area contributed by atoms with Crippen molar-refractivity contribution in [1.29, 1.82) is 0 Å². The Labute approximate surface area is 77.7 Å². The maximum Gasteiger partial charge on any atom is 0.329 e. The molecule has 6 nitrogen and oxygen atoms in total. The molecule has 0 aliphatic rings. The van der Waals surface area contributed by atoms with E-state index in [9.17, 15) is 14.4 Å². The first-order valence-electron chi connectivity index (χ1n) is 4.69. The Kier molecular flexibility index (Phi) is 3.17. The lowest BCUT2D eigenvalue weighted by Crippen LogP contribution is -2.43. The van der Waals surface area contributed by atoms with Crippen LogP contribution in [0.1, 0.15) is 16.5 Å². The molecule has 0 radical (unpaired) electrons. The minimum Gasteiger partial charge on any atom is -0.480 e. The van der Waals surface area contributed by atoms with Crippen LogP contribution in [0.5, 0.6) is 0 Å². The number of aliphatic carboxylic acids is 1. The van der Waals surface area contributed by atoms with Crippen LogP contribution in [0.4, 0.5) is 0 Å². The van der Waals surface area contributed by atoms with Crippen LogP contribution < -0.4 is 5.32 Å². The second kappa shape index (κ2) is 5.13. The molecule has 0 saturated heterocycles. The monoisotopic (exact) mass is 191 g/mol. The second-order valence-corrected chi connectivity index (χ2v) is 2.14. The summed E-state index contributed by atoms with van der Waals surface area (Å²) in [4.78, 5) is 31.8. The van der Waals surface area contributed by atoms with E-state index in [1.807, 2.05) is 5.32 Å². The molecule has 1 atom stereocenters. The molecule has 74 valence electrons. The number of esters is 1. The number of amides is 1. The highest BCUT2D eigenvalue weighted by molar-refractivity contribution is 5.82. The van der Waals surface area contributed by atoms with E-state index in [0.717, 1.165) is 0 Å². The topological polar surface area (TPSA) is 92.7 Å². The van der Waals surface area contributed by atoms with Gasteiger partial charge in [0.1, 0.15) is 6.61 Å². The van der Waals surface area contributed by atoms with Crippen molar-refractivity contribution in [3.63, 3.8) is 0 Å². The Balaban J connectivity index is 4.11. The molecule has 0 saturated carbocycles. The summed E-state index contributed by atoms with van der Waals surface area (Å²) < 4.78 is 17.6. The zero-order chi connectivity index (χ0) is 11.8. The van der Waals surface area contributed by atoms with Crippen LogP contribution in [-0.4, -0.2) is 35.6 Å². The predicted octanol–water partition coefficient (Wildman–Crippen LogP) is -0.861. The van der Waals surface area contributed by atoms with Gasteiger partial charge in [0, 0.05) is 16.5 Å². The molecule has 0 aromatic rings. The first-order chi connectivity index (χ1) is 7.01. The summed E-state index contributed by atoms with van der Waals surface area (Å²) >= 11 is 0. The Morgan fingerprint density at radius 2 is 2.23 bits per heavy atom. The molecule has 13 heavy (non-hydrogen) atoms. The molecular weight excluding hydrogens is 178 g/mol. The van der Waals surface area contributed by atoms with Gasteiger partial charge in [0.25, 0.3) is 0 Å². The van der Waals surface area contributed by atoms with Crippen LogP contribution in [0.3, 0.4) is 0 Å². The third-order valence-corrected chi connectivity index (χ3v) is 1.04. The lowest BCUT2D eigenvalue weighted by molar-refractivity contribution is -0.148. The normalized spacial score (nSPS) is 13.5. The summed E-state index contributed by atoms with van der Waals surface area (Å²) in [5, 5.41) is 10.6. The van der Waals surface area contributed by atoms with Crippen molar-refractivity contribution in [2.75, 3.05) is 6.61 Å². The molecule has 0 rings (SSSR count). The third kappa shape index (κ3) is 5.66. The fraction of sp³-hybridized carbons (Fsp3) is 0.571. The van der Waals surface area contributed by atoms with Gasteiger partial charge in [-0.05, 0) is 0 Å². The summed E-state index contributed by atoms with van der Waals surface area (Å²) in [5.41, 5.74) is 0. The average Bonchev–Trinajstić information content (AvgIpc) is 2.22. The molecule has 0 aromatic heterocycles. The molecule has 0 heterocycles. The van der Waals surface area contributed by atoms with Gasteiger partial charge < -0.3 is 15.2 Å². The molecule has 0 fully saturated rings. The van der Waals surface area contributed by atoms with Crippen molar-refractivity contribution < 1.29 is 27.0 Å². The van der Waals surface area contributed by atoms with Gasteiger partial charge in [0.05, 0.1) is 0 Å². The number of carbonyl (C=O) groups is 3. The van der Waals surface area contributed by atoms with Gasteiger partial charge in [-0.1, -0.05) is 0 Å². The number of nitrogens with one attached hydrogen (secondary N) is 1. The lowest BCUT2D eigenvalue weighted by atomic mass is 10.3. The molecule has 6 heteroatoms. The molecule has 0 spiro atoms. The Bertz CT molecular complexity index is 258. The number of rotatable bonds is 4. The van der Waals surface area contributed by atoms with Crippen molar-refractivity contribution in [1.82, 2.24) is 5.32 Å². The fourth-order valence-electron chi connectivity index (χ4n) is 0.545. The average molecular weight is 191 g/mol. The molecule has 0 bridgehead atoms. The number of hydrogen-bond donors (Lipinski definition) is 2. The minimum absolute atomic E-state index is 0.543. The highest BCUT2D eigenvalue weighted by Gasteiger charge is 2.19. The van der Waals surface area contributed by atoms with Crippen molar-refractivity contribution in [2.45, 2.75) is 19.8 Å². The van der Waals surface area contributed by atoms with Crippen molar-refractivity contribution in [3.05, 3.63) is 0 Å². The van der Waals surface area contributed by atoms with E-state index in [-0.39, 0.29) is 0 Å². The number of ether oxygens (including phenoxy) is 1. The summed E-state index contributed by atoms with van der Waals surface area (Å²) in [6, 6.07) is -1.38. The first kappa shape index (κ1) is 8.03. The minimum atomic E-state index is -1.38. The lowest BCUT2D eigenvalue weighted by Gasteiger charge is -2.12. The molecule has 1 amide bonds. The highest BCUT2D eigenvalue weighted by Crippen LogP contribution is 1.87. The van der Waals surface area contributed by atoms with Gasteiger partial charge in [0.15, 0.2) is 6.04 Å². The van der Waals surface area contributed by atoms with Crippen LogP contribution in [0, 0.1) is 0 Å². The standard InChI is InChI=1S/C7H11NO5/c1-4(9)8-6(7(11)12)3-13-5(2)10/h6H,3H2,1-2H3,(H,8,9)(H,11,12)/t6-/m0/s1/i1D,2D. The Morgan fingerprint density at radius 3 is 2.69 bits per heavy atom. The Hall–Kier alpha value is -1.59. The zero-order valence-electron chi connectivity index (χ0n) is 8.78. The molecule has 2 N–H and O–H groups in total. The van der Waals surface area contributed by atoms with Gasteiger partial charge >= 0.3 is 11.9 Å². The SMILES string of the molecule is [2H]CC(=O)N[C@@H](COC(=O)C[2H])C(=O)O. The Morgan fingerprint density at radius 1 is 1.54 bits per heavy atom. The summed E-state index contributed by atoms with van der Waals surface area (Å²) in [6.07, 6.45) is 0. The maximum absolute atomic E-state index is 10.7. The summed E-state index contributed by atoms with van der Waals surface area (Å²) in [6.45, 7) is -1.76. The van der Waals surface area contributed by atoms with Gasteiger partial charge in [-0.2, -0.15) is 0 Å². The summed E-state index contributed by atoms with van der Waals surface area (Å²) in [7, 11) is 0. The van der Waals surface area contributed by atoms with Crippen LogP contribution in [-0.2, 0) is 19.1 Å². The third-order valence-electron chi connectivity index (χ3n) is 1.04. The number of carbonyl (C=O) groups excluding carboxylic acids is 2. The molecule has 0 aliphatic carbocycles. The van der Waals surface area contributed by atoms with E-state index < -0.39 is 44.3 Å². The van der Waals surface area contributed by atoms with E-state index in [4.69, 9.17) is 7.85 Å².